The van der Waals surface area contributed by atoms with Crippen LogP contribution in [0.1, 0.15) is 24.8 Å². The summed E-state index contributed by atoms with van der Waals surface area (Å²) in [6.07, 6.45) is 1.77. The molecule has 0 unspecified atom stereocenters. The van der Waals surface area contributed by atoms with Gasteiger partial charge in [-0.15, -0.1) is 0 Å². The lowest BCUT2D eigenvalue weighted by Gasteiger charge is -2.38. The van der Waals surface area contributed by atoms with Gasteiger partial charge in [0.25, 0.3) is 0 Å². The van der Waals surface area contributed by atoms with Crippen molar-refractivity contribution in [2.24, 2.45) is 0 Å². The van der Waals surface area contributed by atoms with Gasteiger partial charge in [-0.1, -0.05) is 18.0 Å². The number of hydrogen-bond donors (Lipinski definition) is 1. The van der Waals surface area contributed by atoms with E-state index in [1.807, 2.05) is 0 Å². The summed E-state index contributed by atoms with van der Waals surface area (Å²) in [6, 6.07) is 2.35. The van der Waals surface area contributed by atoms with E-state index in [0.29, 0.717) is 18.4 Å². The molecule has 0 aliphatic heterocycles. The van der Waals surface area contributed by atoms with Gasteiger partial charge in [0.15, 0.2) is 0 Å². The SMILES string of the molecule is COc1cc(F)cc(C2(C(=O)O)CCC2)c1Cl. The van der Waals surface area contributed by atoms with E-state index in [-0.39, 0.29) is 10.8 Å². The van der Waals surface area contributed by atoms with E-state index >= 15 is 0 Å². The molecule has 0 spiro atoms. The predicted molar refractivity (Wildman–Crippen MR) is 61.1 cm³/mol. The van der Waals surface area contributed by atoms with Gasteiger partial charge in [0.1, 0.15) is 11.6 Å². The molecule has 2 rings (SSSR count). The Bertz CT molecular complexity index is 469. The Kier molecular flexibility index (Phi) is 3.00. The first-order valence-electron chi connectivity index (χ1n) is 5.28. The number of rotatable bonds is 3. The molecule has 92 valence electrons. The largest absolute Gasteiger partial charge is 0.495 e. The number of halogens is 2. The highest BCUT2D eigenvalue weighted by Gasteiger charge is 2.47. The first kappa shape index (κ1) is 12.2. The number of hydrogen-bond acceptors (Lipinski definition) is 2. The van der Waals surface area contributed by atoms with E-state index in [9.17, 15) is 14.3 Å². The molecule has 0 heterocycles. The molecular formula is C12H12ClFO3. The second kappa shape index (κ2) is 4.18. The molecule has 1 aliphatic rings. The zero-order valence-corrected chi connectivity index (χ0v) is 10.1. The van der Waals surface area contributed by atoms with Crippen LogP contribution in [0.4, 0.5) is 4.39 Å². The summed E-state index contributed by atoms with van der Waals surface area (Å²) in [5, 5.41) is 9.48. The molecule has 5 heteroatoms. The van der Waals surface area contributed by atoms with Gasteiger partial charge in [0.05, 0.1) is 17.5 Å². The standard InChI is InChI=1S/C12H12ClFO3/c1-17-9-6-7(14)5-8(10(9)13)12(11(15)16)3-2-4-12/h5-6H,2-4H2,1H3,(H,15,16). The van der Waals surface area contributed by atoms with Crippen LogP contribution >= 0.6 is 11.6 Å². The van der Waals surface area contributed by atoms with Gasteiger partial charge in [-0.05, 0) is 24.5 Å². The van der Waals surface area contributed by atoms with Crippen molar-refractivity contribution in [1.82, 2.24) is 0 Å². The van der Waals surface area contributed by atoms with Crippen molar-refractivity contribution in [2.45, 2.75) is 24.7 Å². The maximum atomic E-state index is 13.4. The Morgan fingerprint density at radius 2 is 2.18 bits per heavy atom. The number of carboxylic acid groups (broad SMARTS) is 1. The fourth-order valence-electron chi connectivity index (χ4n) is 2.19. The fourth-order valence-corrected chi connectivity index (χ4v) is 2.56. The topological polar surface area (TPSA) is 46.5 Å². The van der Waals surface area contributed by atoms with Crippen LogP contribution in [0.25, 0.3) is 0 Å². The van der Waals surface area contributed by atoms with Crippen molar-refractivity contribution in [3.05, 3.63) is 28.5 Å². The molecule has 0 saturated heterocycles. The van der Waals surface area contributed by atoms with Crippen molar-refractivity contribution in [1.29, 1.82) is 0 Å². The molecule has 1 fully saturated rings. The van der Waals surface area contributed by atoms with Gasteiger partial charge in [0.2, 0.25) is 0 Å². The highest BCUT2D eigenvalue weighted by Crippen LogP contribution is 2.48. The number of ether oxygens (including phenoxy) is 1. The molecule has 0 amide bonds. The zero-order chi connectivity index (χ0) is 12.6. The van der Waals surface area contributed by atoms with Crippen molar-refractivity contribution >= 4 is 17.6 Å². The van der Waals surface area contributed by atoms with E-state index in [1.165, 1.54) is 13.2 Å². The van der Waals surface area contributed by atoms with Gasteiger partial charge in [-0.25, -0.2) is 4.39 Å². The van der Waals surface area contributed by atoms with Crippen molar-refractivity contribution in [3.63, 3.8) is 0 Å². The summed E-state index contributed by atoms with van der Waals surface area (Å²) in [7, 11) is 1.37. The normalized spacial score (nSPS) is 17.4. The predicted octanol–water partition coefficient (Wildman–Crippen LogP) is 2.99. The summed E-state index contributed by atoms with van der Waals surface area (Å²) in [5.41, 5.74) is -0.735. The smallest absolute Gasteiger partial charge is 0.314 e. The molecule has 1 aromatic carbocycles. The van der Waals surface area contributed by atoms with Crippen LogP contribution in [0.15, 0.2) is 12.1 Å². The van der Waals surface area contributed by atoms with E-state index in [4.69, 9.17) is 16.3 Å². The molecule has 0 atom stereocenters. The molecule has 0 aromatic heterocycles. The lowest BCUT2D eigenvalue weighted by molar-refractivity contribution is -0.147. The third-order valence-electron chi connectivity index (χ3n) is 3.36. The quantitative estimate of drug-likeness (QED) is 0.907. The summed E-state index contributed by atoms with van der Waals surface area (Å²) in [5.74, 6) is -1.32. The lowest BCUT2D eigenvalue weighted by Crippen LogP contribution is -2.42. The second-order valence-electron chi connectivity index (χ2n) is 4.21. The minimum atomic E-state index is -1.05. The Labute approximate surface area is 103 Å². The monoisotopic (exact) mass is 258 g/mol. The molecular weight excluding hydrogens is 247 g/mol. The minimum absolute atomic E-state index is 0.175. The van der Waals surface area contributed by atoms with Gasteiger partial charge >= 0.3 is 5.97 Å². The highest BCUT2D eigenvalue weighted by molar-refractivity contribution is 6.33. The number of aliphatic carboxylic acids is 1. The molecule has 1 aliphatic carbocycles. The number of benzene rings is 1. The van der Waals surface area contributed by atoms with Crippen LogP contribution in [0, 0.1) is 5.82 Å². The van der Waals surface area contributed by atoms with Gasteiger partial charge < -0.3 is 9.84 Å². The van der Waals surface area contributed by atoms with Gasteiger partial charge in [-0.3, -0.25) is 4.79 Å². The number of methoxy groups -OCH3 is 1. The first-order chi connectivity index (χ1) is 8.01. The first-order valence-corrected chi connectivity index (χ1v) is 5.66. The van der Waals surface area contributed by atoms with Crippen molar-refractivity contribution < 1.29 is 19.0 Å². The molecule has 0 radical (unpaired) electrons. The maximum absolute atomic E-state index is 13.4. The van der Waals surface area contributed by atoms with Gasteiger partial charge in [-0.2, -0.15) is 0 Å². The molecule has 17 heavy (non-hydrogen) atoms. The number of carbonyl (C=O) groups is 1. The van der Waals surface area contributed by atoms with Crippen LogP contribution in [0.5, 0.6) is 5.75 Å². The zero-order valence-electron chi connectivity index (χ0n) is 9.30. The molecule has 1 saturated carbocycles. The Morgan fingerprint density at radius 1 is 1.53 bits per heavy atom. The van der Waals surface area contributed by atoms with Crippen LogP contribution in [0.2, 0.25) is 5.02 Å². The fraction of sp³-hybridized carbons (Fsp3) is 0.417. The van der Waals surface area contributed by atoms with Crippen LogP contribution in [0.3, 0.4) is 0 Å². The van der Waals surface area contributed by atoms with Crippen LogP contribution < -0.4 is 4.74 Å². The van der Waals surface area contributed by atoms with E-state index < -0.39 is 17.2 Å². The Balaban J connectivity index is 2.58. The molecule has 1 N–H and O–H groups in total. The minimum Gasteiger partial charge on any atom is -0.495 e. The lowest BCUT2D eigenvalue weighted by atomic mass is 9.64. The average Bonchev–Trinajstić information content (AvgIpc) is 2.20. The van der Waals surface area contributed by atoms with E-state index in [0.717, 1.165) is 12.5 Å². The average molecular weight is 259 g/mol. The van der Waals surface area contributed by atoms with Crippen LogP contribution in [-0.4, -0.2) is 18.2 Å². The molecule has 0 bridgehead atoms. The third-order valence-corrected chi connectivity index (χ3v) is 3.75. The maximum Gasteiger partial charge on any atom is 0.314 e. The highest BCUT2D eigenvalue weighted by atomic mass is 35.5. The molecule has 1 aromatic rings. The van der Waals surface area contributed by atoms with Gasteiger partial charge in [0, 0.05) is 6.07 Å². The van der Waals surface area contributed by atoms with Crippen molar-refractivity contribution in [2.75, 3.05) is 7.11 Å². The van der Waals surface area contributed by atoms with E-state index in [2.05, 4.69) is 0 Å². The van der Waals surface area contributed by atoms with Crippen molar-refractivity contribution in [3.8, 4) is 5.75 Å². The summed E-state index contributed by atoms with van der Waals surface area (Å²) in [4.78, 5) is 11.3. The second-order valence-corrected chi connectivity index (χ2v) is 4.59. The summed E-state index contributed by atoms with van der Waals surface area (Å²) in [6.45, 7) is 0. The summed E-state index contributed by atoms with van der Waals surface area (Å²) >= 11 is 6.07. The summed E-state index contributed by atoms with van der Waals surface area (Å²) < 4.78 is 18.4. The Hall–Kier alpha value is -1.29. The Morgan fingerprint density at radius 3 is 2.59 bits per heavy atom. The van der Waals surface area contributed by atoms with Crippen LogP contribution in [-0.2, 0) is 10.2 Å². The van der Waals surface area contributed by atoms with E-state index in [1.54, 1.807) is 0 Å². The third kappa shape index (κ3) is 1.76. The number of carboxylic acids is 1. The molecule has 3 nitrogen and oxygen atoms in total.